The van der Waals surface area contributed by atoms with Crippen molar-refractivity contribution in [2.45, 2.75) is 19.1 Å². The Morgan fingerprint density at radius 1 is 1.16 bits per heavy atom. The second kappa shape index (κ2) is 9.32. The molecule has 0 fully saturated rings. The Labute approximate surface area is 149 Å². The van der Waals surface area contributed by atoms with Crippen molar-refractivity contribution in [3.63, 3.8) is 0 Å². The van der Waals surface area contributed by atoms with Gasteiger partial charge in [-0.1, -0.05) is 48.5 Å². The molecule has 2 unspecified atom stereocenters. The van der Waals surface area contributed by atoms with E-state index in [0.29, 0.717) is 6.54 Å². The lowest BCUT2D eigenvalue weighted by molar-refractivity contribution is -0.120. The summed E-state index contributed by atoms with van der Waals surface area (Å²) >= 11 is 0. The van der Waals surface area contributed by atoms with Gasteiger partial charge in [-0.3, -0.25) is 9.69 Å². The van der Waals surface area contributed by atoms with Crippen molar-refractivity contribution in [2.75, 3.05) is 32.6 Å². The molecule has 5 nitrogen and oxygen atoms in total. The highest BCUT2D eigenvalue weighted by Gasteiger charge is 2.21. The van der Waals surface area contributed by atoms with Gasteiger partial charge < -0.3 is 15.2 Å². The van der Waals surface area contributed by atoms with Gasteiger partial charge in [0.05, 0.1) is 18.8 Å². The fourth-order valence-corrected chi connectivity index (χ4v) is 2.63. The molecule has 2 aromatic rings. The van der Waals surface area contributed by atoms with Crippen LogP contribution in [0.4, 0.5) is 5.69 Å². The number of carbonyl (C=O) groups is 1. The zero-order valence-corrected chi connectivity index (χ0v) is 15.0. The summed E-state index contributed by atoms with van der Waals surface area (Å²) in [7, 11) is 3.35. The summed E-state index contributed by atoms with van der Waals surface area (Å²) in [5.41, 5.74) is 2.80. The number of carbonyl (C=O) groups excluding carboxylic acids is 1. The van der Waals surface area contributed by atoms with E-state index < -0.39 is 6.10 Å². The molecule has 0 saturated carbocycles. The summed E-state index contributed by atoms with van der Waals surface area (Å²) in [6, 6.07) is 17.3. The van der Waals surface area contributed by atoms with Crippen LogP contribution in [0.5, 0.6) is 0 Å². The zero-order chi connectivity index (χ0) is 18.2. The molecular formula is C20H26N2O3. The lowest BCUT2D eigenvalue weighted by Crippen LogP contribution is -2.44. The van der Waals surface area contributed by atoms with E-state index in [1.54, 1.807) is 7.11 Å². The molecule has 0 spiro atoms. The van der Waals surface area contributed by atoms with Crippen LogP contribution >= 0.6 is 0 Å². The van der Waals surface area contributed by atoms with E-state index in [1.807, 2.05) is 73.5 Å². The summed E-state index contributed by atoms with van der Waals surface area (Å²) < 4.78 is 4.93. The third-order valence-electron chi connectivity index (χ3n) is 4.17. The molecule has 0 radical (unpaired) electrons. The number of ether oxygens (including phenoxy) is 1. The number of hydrogen-bond acceptors (Lipinski definition) is 4. The van der Waals surface area contributed by atoms with Crippen molar-refractivity contribution >= 4 is 11.6 Å². The first-order valence-corrected chi connectivity index (χ1v) is 8.35. The average Bonchev–Trinajstić information content (AvgIpc) is 2.62. The van der Waals surface area contributed by atoms with Gasteiger partial charge in [0.1, 0.15) is 0 Å². The van der Waals surface area contributed by atoms with Gasteiger partial charge in [0.15, 0.2) is 0 Å². The van der Waals surface area contributed by atoms with Gasteiger partial charge in [-0.2, -0.15) is 0 Å². The fourth-order valence-electron chi connectivity index (χ4n) is 2.63. The molecule has 0 aliphatic rings. The molecule has 0 aromatic heterocycles. The average molecular weight is 342 g/mol. The number of methoxy groups -OCH3 is 1. The fraction of sp³-hybridized carbons (Fsp3) is 0.350. The molecule has 0 aliphatic carbocycles. The molecule has 0 aliphatic heterocycles. The van der Waals surface area contributed by atoms with E-state index >= 15 is 0 Å². The van der Waals surface area contributed by atoms with Crippen molar-refractivity contribution in [2.24, 2.45) is 0 Å². The number of benzene rings is 2. The standard InChI is InChI=1S/C20H26N2O3/c1-15(22(2)13-17(23)14-25-3)20(24)21-19-12-8-7-11-18(19)16-9-5-4-6-10-16/h4-12,15,17,23H,13-14H2,1-3H3,(H,21,24). The molecule has 2 rings (SSSR count). The number of rotatable bonds is 8. The second-order valence-corrected chi connectivity index (χ2v) is 6.13. The third-order valence-corrected chi connectivity index (χ3v) is 4.17. The van der Waals surface area contributed by atoms with Gasteiger partial charge in [-0.25, -0.2) is 0 Å². The van der Waals surface area contributed by atoms with Crippen LogP contribution in [0, 0.1) is 0 Å². The first-order chi connectivity index (χ1) is 12.0. The van der Waals surface area contributed by atoms with E-state index in [9.17, 15) is 9.90 Å². The van der Waals surface area contributed by atoms with Crippen molar-refractivity contribution in [3.05, 3.63) is 54.6 Å². The van der Waals surface area contributed by atoms with E-state index in [-0.39, 0.29) is 18.6 Å². The molecule has 2 aromatic carbocycles. The smallest absolute Gasteiger partial charge is 0.241 e. The Morgan fingerprint density at radius 3 is 2.48 bits per heavy atom. The first kappa shape index (κ1) is 19.1. The molecule has 2 atom stereocenters. The zero-order valence-electron chi connectivity index (χ0n) is 15.0. The maximum Gasteiger partial charge on any atom is 0.241 e. The molecular weight excluding hydrogens is 316 g/mol. The van der Waals surface area contributed by atoms with Gasteiger partial charge in [-0.05, 0) is 25.6 Å². The highest BCUT2D eigenvalue weighted by atomic mass is 16.5. The number of likely N-dealkylation sites (N-methyl/N-ethyl adjacent to an activating group) is 1. The number of aliphatic hydroxyl groups is 1. The van der Waals surface area contributed by atoms with Crippen molar-refractivity contribution < 1.29 is 14.6 Å². The minimum atomic E-state index is -0.623. The monoisotopic (exact) mass is 342 g/mol. The second-order valence-electron chi connectivity index (χ2n) is 6.13. The summed E-state index contributed by atoms with van der Waals surface area (Å²) in [5, 5.41) is 12.8. The highest BCUT2D eigenvalue weighted by molar-refractivity contribution is 5.98. The van der Waals surface area contributed by atoms with Gasteiger partial charge in [0, 0.05) is 24.9 Å². The SMILES string of the molecule is COCC(O)CN(C)C(C)C(=O)Nc1ccccc1-c1ccccc1. The molecule has 2 N–H and O–H groups in total. The predicted molar refractivity (Wildman–Crippen MR) is 100 cm³/mol. The van der Waals surface area contributed by atoms with Crippen molar-refractivity contribution in [1.82, 2.24) is 4.90 Å². The number of nitrogens with one attached hydrogen (secondary N) is 1. The topological polar surface area (TPSA) is 61.8 Å². The predicted octanol–water partition coefficient (Wildman–Crippen LogP) is 2.62. The Hall–Kier alpha value is -2.21. The molecule has 1 amide bonds. The van der Waals surface area contributed by atoms with E-state index in [2.05, 4.69) is 5.32 Å². The largest absolute Gasteiger partial charge is 0.389 e. The normalized spacial score (nSPS) is 13.5. The van der Waals surface area contributed by atoms with Gasteiger partial charge >= 0.3 is 0 Å². The van der Waals surface area contributed by atoms with Crippen LogP contribution in [0.2, 0.25) is 0 Å². The minimum absolute atomic E-state index is 0.115. The van der Waals surface area contributed by atoms with Crippen LogP contribution in [0.25, 0.3) is 11.1 Å². The Bertz CT molecular complexity index is 676. The number of amides is 1. The van der Waals surface area contributed by atoms with E-state index in [4.69, 9.17) is 4.74 Å². The molecule has 134 valence electrons. The van der Waals surface area contributed by atoms with E-state index in [0.717, 1.165) is 16.8 Å². The Kier molecular flexibility index (Phi) is 7.13. The molecule has 0 saturated heterocycles. The lowest BCUT2D eigenvalue weighted by atomic mass is 10.0. The highest BCUT2D eigenvalue weighted by Crippen LogP contribution is 2.27. The van der Waals surface area contributed by atoms with Gasteiger partial charge in [0.25, 0.3) is 0 Å². The molecule has 5 heteroatoms. The summed E-state index contributed by atoms with van der Waals surface area (Å²) in [4.78, 5) is 14.4. The Balaban J connectivity index is 2.08. The summed E-state index contributed by atoms with van der Waals surface area (Å²) in [5.74, 6) is -0.115. The molecule has 25 heavy (non-hydrogen) atoms. The van der Waals surface area contributed by atoms with Crippen LogP contribution in [-0.4, -0.2) is 55.4 Å². The third kappa shape index (κ3) is 5.39. The number of hydrogen-bond donors (Lipinski definition) is 2. The quantitative estimate of drug-likeness (QED) is 0.774. The van der Waals surface area contributed by atoms with Crippen LogP contribution in [0.1, 0.15) is 6.92 Å². The van der Waals surface area contributed by atoms with Crippen molar-refractivity contribution in [3.8, 4) is 11.1 Å². The van der Waals surface area contributed by atoms with Gasteiger partial charge in [-0.15, -0.1) is 0 Å². The molecule has 0 heterocycles. The van der Waals surface area contributed by atoms with Crippen LogP contribution in [0.15, 0.2) is 54.6 Å². The van der Waals surface area contributed by atoms with Gasteiger partial charge in [0.2, 0.25) is 5.91 Å². The van der Waals surface area contributed by atoms with Crippen LogP contribution in [0.3, 0.4) is 0 Å². The maximum absolute atomic E-state index is 12.6. The number of para-hydroxylation sites is 1. The molecule has 0 bridgehead atoms. The first-order valence-electron chi connectivity index (χ1n) is 8.35. The number of anilines is 1. The lowest BCUT2D eigenvalue weighted by Gasteiger charge is -2.26. The maximum atomic E-state index is 12.6. The number of nitrogens with zero attached hydrogens (tertiary/aromatic N) is 1. The Morgan fingerprint density at radius 2 is 1.80 bits per heavy atom. The summed E-state index contributed by atoms with van der Waals surface area (Å²) in [6.07, 6.45) is -0.623. The number of aliphatic hydroxyl groups excluding tert-OH is 1. The van der Waals surface area contributed by atoms with Crippen LogP contribution < -0.4 is 5.32 Å². The minimum Gasteiger partial charge on any atom is -0.389 e. The van der Waals surface area contributed by atoms with Crippen molar-refractivity contribution in [1.29, 1.82) is 0 Å². The summed E-state index contributed by atoms with van der Waals surface area (Å²) in [6.45, 7) is 2.43. The van der Waals surface area contributed by atoms with Crippen LogP contribution in [-0.2, 0) is 9.53 Å². The van der Waals surface area contributed by atoms with E-state index in [1.165, 1.54) is 0 Å².